The van der Waals surface area contributed by atoms with Crippen LogP contribution in [0.3, 0.4) is 0 Å². The molecule has 2 nitrogen and oxygen atoms in total. The zero-order valence-corrected chi connectivity index (χ0v) is 12.5. The molecule has 0 spiro atoms. The van der Waals surface area contributed by atoms with Gasteiger partial charge in [0.15, 0.2) is 0 Å². The fourth-order valence-electron chi connectivity index (χ4n) is 2.98. The van der Waals surface area contributed by atoms with E-state index >= 15 is 0 Å². The number of ether oxygens (including phenoxy) is 1. The van der Waals surface area contributed by atoms with Crippen molar-refractivity contribution in [2.24, 2.45) is 0 Å². The SMILES string of the molecule is CCNC(C1=CCCCO1)c1cc2c(s1)CCCC2. The lowest BCUT2D eigenvalue weighted by Gasteiger charge is -2.23. The Bertz CT molecular complexity index is 440. The van der Waals surface area contributed by atoms with E-state index in [0.29, 0.717) is 0 Å². The summed E-state index contributed by atoms with van der Waals surface area (Å²) in [7, 11) is 0. The highest BCUT2D eigenvalue weighted by Gasteiger charge is 2.23. The van der Waals surface area contributed by atoms with Crippen molar-refractivity contribution in [2.45, 2.75) is 51.5 Å². The minimum Gasteiger partial charge on any atom is -0.496 e. The van der Waals surface area contributed by atoms with Crippen molar-refractivity contribution in [3.8, 4) is 0 Å². The van der Waals surface area contributed by atoms with Crippen LogP contribution in [0.5, 0.6) is 0 Å². The third-order valence-corrected chi connectivity index (χ3v) is 5.26. The molecule has 0 amide bonds. The summed E-state index contributed by atoms with van der Waals surface area (Å²) in [5.74, 6) is 1.15. The predicted molar refractivity (Wildman–Crippen MR) is 80.6 cm³/mol. The van der Waals surface area contributed by atoms with Crippen molar-refractivity contribution in [3.05, 3.63) is 33.2 Å². The Morgan fingerprint density at radius 3 is 2.95 bits per heavy atom. The number of likely N-dealkylation sites (N-methyl/N-ethyl adjacent to an activating group) is 1. The van der Waals surface area contributed by atoms with Crippen LogP contribution in [-0.2, 0) is 17.6 Å². The predicted octanol–water partition coefficient (Wildman–Crippen LogP) is 3.97. The molecule has 0 saturated heterocycles. The standard InChI is InChI=1S/C16H23NOS/c1-2-17-16(13-8-5-6-10-18-13)15-11-12-7-3-4-9-14(12)19-15/h8,11,16-17H,2-7,9-10H2,1H3. The molecule has 2 heterocycles. The van der Waals surface area contributed by atoms with Gasteiger partial charge in [-0.3, -0.25) is 0 Å². The van der Waals surface area contributed by atoms with E-state index in [1.165, 1.54) is 30.6 Å². The first kappa shape index (κ1) is 13.2. The highest BCUT2D eigenvalue weighted by atomic mass is 32.1. The van der Waals surface area contributed by atoms with Gasteiger partial charge in [0.25, 0.3) is 0 Å². The number of nitrogens with one attached hydrogen (secondary N) is 1. The molecular formula is C16H23NOS. The molecule has 1 N–H and O–H groups in total. The van der Waals surface area contributed by atoms with Crippen LogP contribution in [0.1, 0.15) is 54.0 Å². The van der Waals surface area contributed by atoms with Crippen LogP contribution < -0.4 is 5.32 Å². The van der Waals surface area contributed by atoms with E-state index in [4.69, 9.17) is 4.74 Å². The van der Waals surface area contributed by atoms with Crippen molar-refractivity contribution in [1.29, 1.82) is 0 Å². The normalized spacial score (nSPS) is 20.4. The summed E-state index contributed by atoms with van der Waals surface area (Å²) in [4.78, 5) is 3.06. The highest BCUT2D eigenvalue weighted by Crippen LogP contribution is 2.36. The minimum atomic E-state index is 0.279. The molecule has 0 fully saturated rings. The molecule has 1 aliphatic carbocycles. The average Bonchev–Trinajstić information content (AvgIpc) is 2.89. The molecule has 2 aliphatic rings. The molecule has 1 atom stereocenters. The first-order valence-electron chi connectivity index (χ1n) is 7.56. The third kappa shape index (κ3) is 2.87. The van der Waals surface area contributed by atoms with E-state index in [-0.39, 0.29) is 6.04 Å². The topological polar surface area (TPSA) is 21.3 Å². The molecule has 3 heteroatoms. The Kier molecular flexibility index (Phi) is 4.24. The Hall–Kier alpha value is -0.800. The molecule has 0 bridgehead atoms. The van der Waals surface area contributed by atoms with E-state index in [1.807, 2.05) is 11.3 Å². The molecular weight excluding hydrogens is 254 g/mol. The van der Waals surface area contributed by atoms with Crippen LogP contribution in [0.4, 0.5) is 0 Å². The molecule has 104 valence electrons. The number of rotatable bonds is 4. The monoisotopic (exact) mass is 277 g/mol. The lowest BCUT2D eigenvalue weighted by atomic mass is 9.98. The quantitative estimate of drug-likeness (QED) is 0.899. The smallest absolute Gasteiger partial charge is 0.114 e. The summed E-state index contributed by atoms with van der Waals surface area (Å²) in [6.45, 7) is 4.02. The van der Waals surface area contributed by atoms with Crippen molar-refractivity contribution < 1.29 is 4.74 Å². The summed E-state index contributed by atoms with van der Waals surface area (Å²) in [5.41, 5.74) is 1.59. The van der Waals surface area contributed by atoms with Gasteiger partial charge in [-0.2, -0.15) is 0 Å². The van der Waals surface area contributed by atoms with Gasteiger partial charge >= 0.3 is 0 Å². The number of allylic oxidation sites excluding steroid dienone is 1. The van der Waals surface area contributed by atoms with Gasteiger partial charge in [0.1, 0.15) is 5.76 Å². The van der Waals surface area contributed by atoms with Crippen molar-refractivity contribution in [3.63, 3.8) is 0 Å². The van der Waals surface area contributed by atoms with Crippen molar-refractivity contribution in [2.75, 3.05) is 13.2 Å². The summed E-state index contributed by atoms with van der Waals surface area (Å²) < 4.78 is 5.88. The van der Waals surface area contributed by atoms with E-state index in [1.54, 1.807) is 10.4 Å². The number of thiophene rings is 1. The number of hydrogen-bond acceptors (Lipinski definition) is 3. The van der Waals surface area contributed by atoms with Gasteiger partial charge in [-0.15, -0.1) is 11.3 Å². The van der Waals surface area contributed by atoms with E-state index in [9.17, 15) is 0 Å². The van der Waals surface area contributed by atoms with Crippen LogP contribution in [0, 0.1) is 0 Å². The van der Waals surface area contributed by atoms with Gasteiger partial charge in [-0.1, -0.05) is 6.92 Å². The minimum absolute atomic E-state index is 0.279. The van der Waals surface area contributed by atoms with Crippen LogP contribution in [0.2, 0.25) is 0 Å². The lowest BCUT2D eigenvalue weighted by Crippen LogP contribution is -2.24. The summed E-state index contributed by atoms with van der Waals surface area (Å²) in [5, 5.41) is 3.59. The van der Waals surface area contributed by atoms with Crippen molar-refractivity contribution in [1.82, 2.24) is 5.32 Å². The zero-order chi connectivity index (χ0) is 13.1. The molecule has 1 aromatic rings. The van der Waals surface area contributed by atoms with Gasteiger partial charge < -0.3 is 10.1 Å². The lowest BCUT2D eigenvalue weighted by molar-refractivity contribution is 0.169. The summed E-state index contributed by atoms with van der Waals surface area (Å²) in [6.07, 6.45) is 9.84. The van der Waals surface area contributed by atoms with Crippen LogP contribution in [-0.4, -0.2) is 13.2 Å². The molecule has 19 heavy (non-hydrogen) atoms. The molecule has 1 aliphatic heterocycles. The average molecular weight is 277 g/mol. The van der Waals surface area contributed by atoms with Gasteiger partial charge in [0, 0.05) is 9.75 Å². The molecule has 3 rings (SSSR count). The van der Waals surface area contributed by atoms with Gasteiger partial charge in [0.05, 0.1) is 12.6 Å². The largest absolute Gasteiger partial charge is 0.496 e. The highest BCUT2D eigenvalue weighted by molar-refractivity contribution is 7.12. The summed E-state index contributed by atoms with van der Waals surface area (Å²) >= 11 is 1.99. The first-order valence-corrected chi connectivity index (χ1v) is 8.38. The second-order valence-electron chi connectivity index (χ2n) is 5.39. The fraction of sp³-hybridized carbons (Fsp3) is 0.625. The Morgan fingerprint density at radius 2 is 2.21 bits per heavy atom. The summed E-state index contributed by atoms with van der Waals surface area (Å²) in [6, 6.07) is 2.70. The fourth-order valence-corrected chi connectivity index (χ4v) is 4.32. The van der Waals surface area contributed by atoms with E-state index < -0.39 is 0 Å². The molecule has 0 saturated carbocycles. The number of aryl methyl sites for hydroxylation is 2. The van der Waals surface area contributed by atoms with E-state index in [2.05, 4.69) is 24.4 Å². The first-order chi connectivity index (χ1) is 9.38. The molecule has 0 aromatic carbocycles. The van der Waals surface area contributed by atoms with Crippen LogP contribution in [0.25, 0.3) is 0 Å². The molecule has 1 aromatic heterocycles. The number of fused-ring (bicyclic) bond motifs is 1. The van der Waals surface area contributed by atoms with Gasteiger partial charge in [-0.25, -0.2) is 0 Å². The Labute approximate surface area is 119 Å². The van der Waals surface area contributed by atoms with Gasteiger partial charge in [0.2, 0.25) is 0 Å². The number of hydrogen-bond donors (Lipinski definition) is 1. The van der Waals surface area contributed by atoms with Crippen molar-refractivity contribution >= 4 is 11.3 Å². The van der Waals surface area contributed by atoms with Crippen LogP contribution in [0.15, 0.2) is 17.9 Å². The molecule has 0 radical (unpaired) electrons. The van der Waals surface area contributed by atoms with Crippen LogP contribution >= 0.6 is 11.3 Å². The maximum Gasteiger partial charge on any atom is 0.114 e. The Morgan fingerprint density at radius 1 is 1.32 bits per heavy atom. The van der Waals surface area contributed by atoms with Gasteiger partial charge in [-0.05, 0) is 62.8 Å². The zero-order valence-electron chi connectivity index (χ0n) is 11.7. The second kappa shape index (κ2) is 6.10. The maximum atomic E-state index is 5.88. The third-order valence-electron chi connectivity index (χ3n) is 3.96. The second-order valence-corrected chi connectivity index (χ2v) is 6.56. The maximum absolute atomic E-state index is 5.88. The van der Waals surface area contributed by atoms with E-state index in [0.717, 1.165) is 31.8 Å². The molecule has 1 unspecified atom stereocenters. The Balaban J connectivity index is 1.86.